The van der Waals surface area contributed by atoms with E-state index in [0.29, 0.717) is 17.7 Å². The van der Waals surface area contributed by atoms with Gasteiger partial charge in [-0.2, -0.15) is 0 Å². The van der Waals surface area contributed by atoms with E-state index in [2.05, 4.69) is 20.8 Å². The molecule has 2 rings (SSSR count). The normalized spacial score (nSPS) is 24.4. The van der Waals surface area contributed by atoms with E-state index in [-0.39, 0.29) is 5.41 Å². The van der Waals surface area contributed by atoms with E-state index in [1.54, 1.807) is 0 Å². The zero-order valence-corrected chi connectivity index (χ0v) is 9.60. The van der Waals surface area contributed by atoms with Crippen LogP contribution in [0.2, 0.25) is 0 Å². The quantitative estimate of drug-likeness (QED) is 0.629. The lowest BCUT2D eigenvalue weighted by atomic mass is 9.63. The molecule has 0 unspecified atom stereocenters. The SMILES string of the molecule is CC(C)(C)CC(=O)N1CC2(CCC2)C1. The van der Waals surface area contributed by atoms with Crippen LogP contribution < -0.4 is 0 Å². The summed E-state index contributed by atoms with van der Waals surface area (Å²) in [6.45, 7) is 8.47. The topological polar surface area (TPSA) is 20.3 Å². The Labute approximate surface area is 86.7 Å². The van der Waals surface area contributed by atoms with E-state index in [1.807, 2.05) is 4.90 Å². The lowest BCUT2D eigenvalue weighted by Crippen LogP contribution is -2.61. The number of carbonyl (C=O) groups excluding carboxylic acids is 1. The molecule has 14 heavy (non-hydrogen) atoms. The standard InChI is InChI=1S/C12H21NO/c1-11(2,3)7-10(14)13-8-12(9-13)5-4-6-12/h4-9H2,1-3H3. The van der Waals surface area contributed by atoms with Gasteiger partial charge in [-0.15, -0.1) is 0 Å². The fraction of sp³-hybridized carbons (Fsp3) is 0.917. The molecule has 1 saturated carbocycles. The van der Waals surface area contributed by atoms with Crippen molar-refractivity contribution >= 4 is 5.91 Å². The lowest BCUT2D eigenvalue weighted by molar-refractivity contribution is -0.151. The minimum atomic E-state index is 0.138. The van der Waals surface area contributed by atoms with E-state index in [9.17, 15) is 4.79 Å². The largest absolute Gasteiger partial charge is 0.341 e. The molecule has 2 aliphatic rings. The summed E-state index contributed by atoms with van der Waals surface area (Å²) in [5.74, 6) is 0.357. The summed E-state index contributed by atoms with van der Waals surface area (Å²) in [6.07, 6.45) is 4.78. The van der Waals surface area contributed by atoms with Crippen molar-refractivity contribution in [3.05, 3.63) is 0 Å². The van der Waals surface area contributed by atoms with Gasteiger partial charge < -0.3 is 4.90 Å². The van der Waals surface area contributed by atoms with E-state index < -0.39 is 0 Å². The number of hydrogen-bond acceptors (Lipinski definition) is 1. The monoisotopic (exact) mass is 195 g/mol. The molecular formula is C12H21NO. The maximum absolute atomic E-state index is 11.8. The van der Waals surface area contributed by atoms with Crippen molar-refractivity contribution in [1.29, 1.82) is 0 Å². The predicted molar refractivity (Wildman–Crippen MR) is 56.9 cm³/mol. The first-order chi connectivity index (χ1) is 6.40. The second-order valence-electron chi connectivity index (χ2n) is 6.34. The Hall–Kier alpha value is -0.530. The zero-order chi connectivity index (χ0) is 10.4. The summed E-state index contributed by atoms with van der Waals surface area (Å²) in [4.78, 5) is 13.8. The lowest BCUT2D eigenvalue weighted by Gasteiger charge is -2.56. The highest BCUT2D eigenvalue weighted by atomic mass is 16.2. The van der Waals surface area contributed by atoms with Crippen LogP contribution in [0.1, 0.15) is 46.5 Å². The van der Waals surface area contributed by atoms with E-state index >= 15 is 0 Å². The van der Waals surface area contributed by atoms with Gasteiger partial charge >= 0.3 is 0 Å². The van der Waals surface area contributed by atoms with Crippen LogP contribution in [0.25, 0.3) is 0 Å². The Bertz CT molecular complexity index is 240. The highest BCUT2D eigenvalue weighted by Gasteiger charge is 2.48. The van der Waals surface area contributed by atoms with Crippen LogP contribution in [-0.2, 0) is 4.79 Å². The fourth-order valence-electron chi connectivity index (χ4n) is 2.50. The third kappa shape index (κ3) is 1.79. The van der Waals surface area contributed by atoms with E-state index in [1.165, 1.54) is 19.3 Å². The second-order valence-corrected chi connectivity index (χ2v) is 6.34. The van der Waals surface area contributed by atoms with Crippen molar-refractivity contribution in [2.45, 2.75) is 46.5 Å². The van der Waals surface area contributed by atoms with Crippen molar-refractivity contribution in [1.82, 2.24) is 4.90 Å². The number of nitrogens with zero attached hydrogens (tertiary/aromatic N) is 1. The van der Waals surface area contributed by atoms with Crippen molar-refractivity contribution in [3.8, 4) is 0 Å². The molecule has 0 aromatic carbocycles. The third-order valence-electron chi connectivity index (χ3n) is 3.50. The molecule has 1 saturated heterocycles. The van der Waals surface area contributed by atoms with Gasteiger partial charge in [0.2, 0.25) is 5.91 Å². The molecule has 0 aromatic rings. The van der Waals surface area contributed by atoms with Crippen LogP contribution in [0.5, 0.6) is 0 Å². The van der Waals surface area contributed by atoms with Gasteiger partial charge in [0.05, 0.1) is 0 Å². The first-order valence-corrected chi connectivity index (χ1v) is 5.68. The molecule has 1 amide bonds. The summed E-state index contributed by atoms with van der Waals surface area (Å²) in [6, 6.07) is 0. The van der Waals surface area contributed by atoms with Gasteiger partial charge in [-0.25, -0.2) is 0 Å². The molecule has 0 bridgehead atoms. The zero-order valence-electron chi connectivity index (χ0n) is 9.60. The summed E-state index contributed by atoms with van der Waals surface area (Å²) in [5.41, 5.74) is 0.715. The van der Waals surface area contributed by atoms with Crippen LogP contribution in [0, 0.1) is 10.8 Å². The summed E-state index contributed by atoms with van der Waals surface area (Å²) >= 11 is 0. The van der Waals surface area contributed by atoms with Gasteiger partial charge in [-0.3, -0.25) is 4.79 Å². The van der Waals surface area contributed by atoms with Gasteiger partial charge in [-0.05, 0) is 18.3 Å². The number of amides is 1. The molecule has 0 N–H and O–H groups in total. The Morgan fingerprint density at radius 1 is 1.29 bits per heavy atom. The highest BCUT2D eigenvalue weighted by molar-refractivity contribution is 5.77. The molecule has 0 atom stereocenters. The van der Waals surface area contributed by atoms with Crippen molar-refractivity contribution in [3.63, 3.8) is 0 Å². The number of hydrogen-bond donors (Lipinski definition) is 0. The number of rotatable bonds is 1. The Balaban J connectivity index is 1.79. The van der Waals surface area contributed by atoms with E-state index in [4.69, 9.17) is 0 Å². The molecule has 1 heterocycles. The van der Waals surface area contributed by atoms with Crippen molar-refractivity contribution < 1.29 is 4.79 Å². The Kier molecular flexibility index (Phi) is 2.13. The molecule has 2 fully saturated rings. The molecule has 1 aliphatic heterocycles. The van der Waals surface area contributed by atoms with Crippen LogP contribution in [-0.4, -0.2) is 23.9 Å². The molecule has 1 aliphatic carbocycles. The van der Waals surface area contributed by atoms with Crippen LogP contribution in [0.15, 0.2) is 0 Å². The first kappa shape index (κ1) is 10.0. The van der Waals surface area contributed by atoms with Gasteiger partial charge in [-0.1, -0.05) is 27.2 Å². The number of likely N-dealkylation sites (tertiary alicyclic amines) is 1. The average molecular weight is 195 g/mol. The molecule has 0 aromatic heterocycles. The molecule has 2 heteroatoms. The molecule has 80 valence electrons. The molecule has 2 nitrogen and oxygen atoms in total. The minimum absolute atomic E-state index is 0.138. The van der Waals surface area contributed by atoms with Crippen molar-refractivity contribution in [2.75, 3.05) is 13.1 Å². The summed E-state index contributed by atoms with van der Waals surface area (Å²) < 4.78 is 0. The maximum atomic E-state index is 11.8. The predicted octanol–water partition coefficient (Wildman–Crippen LogP) is 2.44. The van der Waals surface area contributed by atoms with Gasteiger partial charge in [0, 0.05) is 24.9 Å². The molecule has 0 radical (unpaired) electrons. The third-order valence-corrected chi connectivity index (χ3v) is 3.50. The smallest absolute Gasteiger partial charge is 0.223 e. The summed E-state index contributed by atoms with van der Waals surface area (Å²) in [7, 11) is 0. The van der Waals surface area contributed by atoms with Crippen LogP contribution >= 0.6 is 0 Å². The number of carbonyl (C=O) groups is 1. The summed E-state index contributed by atoms with van der Waals surface area (Å²) in [5, 5.41) is 0. The van der Waals surface area contributed by atoms with Crippen LogP contribution in [0.3, 0.4) is 0 Å². The molecular weight excluding hydrogens is 174 g/mol. The highest BCUT2D eigenvalue weighted by Crippen LogP contribution is 2.48. The average Bonchev–Trinajstić information content (AvgIpc) is 1.74. The minimum Gasteiger partial charge on any atom is -0.341 e. The van der Waals surface area contributed by atoms with Gasteiger partial charge in [0.25, 0.3) is 0 Å². The van der Waals surface area contributed by atoms with Gasteiger partial charge in [0.15, 0.2) is 0 Å². The molecule has 1 spiro atoms. The maximum Gasteiger partial charge on any atom is 0.223 e. The van der Waals surface area contributed by atoms with Crippen molar-refractivity contribution in [2.24, 2.45) is 10.8 Å². The second kappa shape index (κ2) is 2.98. The van der Waals surface area contributed by atoms with Crippen LogP contribution in [0.4, 0.5) is 0 Å². The first-order valence-electron chi connectivity index (χ1n) is 5.68. The van der Waals surface area contributed by atoms with E-state index in [0.717, 1.165) is 13.1 Å². The Morgan fingerprint density at radius 3 is 2.21 bits per heavy atom. The van der Waals surface area contributed by atoms with Gasteiger partial charge in [0.1, 0.15) is 0 Å². The fourth-order valence-corrected chi connectivity index (χ4v) is 2.50. The Morgan fingerprint density at radius 2 is 1.86 bits per heavy atom.